The molecular formula is C14H22N4O5S. The summed E-state index contributed by atoms with van der Waals surface area (Å²) in [5.74, 6) is -0.195. The number of nitrogens with one attached hydrogen (secondary N) is 1. The number of hydrogen-bond acceptors (Lipinski definition) is 5. The molecule has 1 aromatic heterocycles. The highest BCUT2D eigenvalue weighted by atomic mass is 32.2. The first kappa shape index (κ1) is 18.4. The van der Waals surface area contributed by atoms with E-state index in [1.165, 1.54) is 35.6 Å². The number of rotatable bonds is 5. The van der Waals surface area contributed by atoms with Gasteiger partial charge in [0.15, 0.2) is 12.4 Å². The Hall–Kier alpha value is -1.91. The van der Waals surface area contributed by atoms with E-state index in [1.54, 1.807) is 6.92 Å². The monoisotopic (exact) mass is 358 g/mol. The Morgan fingerprint density at radius 3 is 2.46 bits per heavy atom. The predicted molar refractivity (Wildman–Crippen MR) is 88.1 cm³/mol. The van der Waals surface area contributed by atoms with Gasteiger partial charge in [-0.2, -0.15) is 17.0 Å². The zero-order valence-electron chi connectivity index (χ0n) is 14.0. The lowest BCUT2D eigenvalue weighted by Crippen LogP contribution is -2.53. The summed E-state index contributed by atoms with van der Waals surface area (Å²) in [4.78, 5) is 28.2. The lowest BCUT2D eigenvalue weighted by molar-refractivity contribution is -0.134. The smallest absolute Gasteiger partial charge is 0.281 e. The first-order valence-corrected chi connectivity index (χ1v) is 8.89. The predicted octanol–water partition coefficient (Wildman–Crippen LogP) is -0.987. The first-order valence-electron chi connectivity index (χ1n) is 7.49. The van der Waals surface area contributed by atoms with Crippen LogP contribution in [0.1, 0.15) is 5.69 Å². The van der Waals surface area contributed by atoms with Crippen LogP contribution in [0, 0.1) is 6.92 Å². The second kappa shape index (κ2) is 7.32. The molecule has 1 fully saturated rings. The molecule has 0 saturated carbocycles. The molecule has 0 atom stereocenters. The van der Waals surface area contributed by atoms with Gasteiger partial charge >= 0.3 is 0 Å². The number of nitrogens with zero attached hydrogens (tertiary/aromatic N) is 3. The van der Waals surface area contributed by atoms with E-state index >= 15 is 0 Å². The maximum atomic E-state index is 12.2. The Labute approximate surface area is 141 Å². The minimum atomic E-state index is -3.46. The maximum absolute atomic E-state index is 12.2. The van der Waals surface area contributed by atoms with E-state index in [2.05, 4.69) is 4.98 Å². The van der Waals surface area contributed by atoms with E-state index in [4.69, 9.17) is 4.74 Å². The molecule has 0 radical (unpaired) electrons. The quantitative estimate of drug-likeness (QED) is 0.728. The average Bonchev–Trinajstić information content (AvgIpc) is 2.53. The number of aromatic amines is 1. The number of pyridine rings is 1. The first-order chi connectivity index (χ1) is 11.2. The average molecular weight is 358 g/mol. The van der Waals surface area contributed by atoms with E-state index < -0.39 is 10.2 Å². The molecule has 0 aromatic carbocycles. The Morgan fingerprint density at radius 1 is 1.29 bits per heavy atom. The Bertz CT molecular complexity index is 751. The minimum Gasteiger partial charge on any atom is -0.478 e. The van der Waals surface area contributed by atoms with Crippen LogP contribution in [0.5, 0.6) is 5.75 Å². The topological polar surface area (TPSA) is 103 Å². The third kappa shape index (κ3) is 4.13. The van der Waals surface area contributed by atoms with Gasteiger partial charge in [-0.25, -0.2) is 0 Å². The summed E-state index contributed by atoms with van der Waals surface area (Å²) < 4.78 is 31.8. The molecule has 1 saturated heterocycles. The molecule has 1 aliphatic rings. The van der Waals surface area contributed by atoms with Gasteiger partial charge in [0, 0.05) is 58.2 Å². The summed E-state index contributed by atoms with van der Waals surface area (Å²) in [6.45, 7) is 2.54. The molecule has 2 rings (SSSR count). The molecule has 24 heavy (non-hydrogen) atoms. The number of amides is 1. The Balaban J connectivity index is 1.88. The van der Waals surface area contributed by atoms with Crippen molar-refractivity contribution in [2.75, 3.05) is 46.9 Å². The van der Waals surface area contributed by atoms with Crippen LogP contribution in [-0.4, -0.2) is 79.7 Å². The van der Waals surface area contributed by atoms with Crippen LogP contribution in [0.2, 0.25) is 0 Å². The maximum Gasteiger partial charge on any atom is 0.281 e. The fourth-order valence-electron chi connectivity index (χ4n) is 2.30. The molecule has 1 aliphatic heterocycles. The summed E-state index contributed by atoms with van der Waals surface area (Å²) in [6.07, 6.45) is 1.42. The third-order valence-electron chi connectivity index (χ3n) is 3.75. The molecule has 134 valence electrons. The molecule has 0 aliphatic carbocycles. The van der Waals surface area contributed by atoms with Gasteiger partial charge in [0.05, 0.1) is 0 Å². The molecule has 1 amide bonds. The third-order valence-corrected chi connectivity index (χ3v) is 5.69. The fraction of sp³-hybridized carbons (Fsp3) is 0.571. The number of hydrogen-bond donors (Lipinski definition) is 1. The zero-order valence-corrected chi connectivity index (χ0v) is 14.8. The van der Waals surface area contributed by atoms with Gasteiger partial charge in [-0.05, 0) is 6.92 Å². The second-order valence-electron chi connectivity index (χ2n) is 5.70. The van der Waals surface area contributed by atoms with Crippen molar-refractivity contribution in [1.29, 1.82) is 0 Å². The number of piperazine rings is 1. The SMILES string of the molecule is Cc1cc(=O)c(OCC(=O)N2CCN(S(=O)(=O)N(C)C)CC2)c[nH]1. The van der Waals surface area contributed by atoms with E-state index in [0.717, 1.165) is 4.31 Å². The number of aryl methyl sites for hydroxylation is 1. The Kier molecular flexibility index (Phi) is 5.62. The summed E-state index contributed by atoms with van der Waals surface area (Å²) in [7, 11) is -0.518. The summed E-state index contributed by atoms with van der Waals surface area (Å²) in [5.41, 5.74) is 0.415. The summed E-state index contributed by atoms with van der Waals surface area (Å²) >= 11 is 0. The van der Waals surface area contributed by atoms with E-state index in [9.17, 15) is 18.0 Å². The molecule has 1 N–H and O–H groups in total. The highest BCUT2D eigenvalue weighted by Gasteiger charge is 2.30. The number of H-pyrrole nitrogens is 1. The van der Waals surface area contributed by atoms with E-state index in [0.29, 0.717) is 18.8 Å². The van der Waals surface area contributed by atoms with Gasteiger partial charge in [-0.1, -0.05) is 0 Å². The summed E-state index contributed by atoms with van der Waals surface area (Å²) in [6, 6.07) is 1.39. The molecule has 2 heterocycles. The lowest BCUT2D eigenvalue weighted by Gasteiger charge is -2.35. The molecular weight excluding hydrogens is 336 g/mol. The van der Waals surface area contributed by atoms with Crippen molar-refractivity contribution in [3.63, 3.8) is 0 Å². The van der Waals surface area contributed by atoms with Crippen molar-refractivity contribution in [3.05, 3.63) is 28.2 Å². The van der Waals surface area contributed by atoms with Gasteiger partial charge in [-0.15, -0.1) is 0 Å². The lowest BCUT2D eigenvalue weighted by atomic mass is 10.3. The van der Waals surface area contributed by atoms with Gasteiger partial charge in [-0.3, -0.25) is 9.59 Å². The van der Waals surface area contributed by atoms with Gasteiger partial charge in [0.25, 0.3) is 16.1 Å². The summed E-state index contributed by atoms with van der Waals surface area (Å²) in [5, 5.41) is 0. The number of carbonyl (C=O) groups excluding carboxylic acids is 1. The van der Waals surface area contributed by atoms with Crippen LogP contribution in [0.25, 0.3) is 0 Å². The molecule has 9 nitrogen and oxygen atoms in total. The van der Waals surface area contributed by atoms with Crippen molar-refractivity contribution in [2.45, 2.75) is 6.92 Å². The van der Waals surface area contributed by atoms with Crippen LogP contribution in [0.15, 0.2) is 17.1 Å². The van der Waals surface area contributed by atoms with Gasteiger partial charge in [0.1, 0.15) is 0 Å². The number of aromatic nitrogens is 1. The highest BCUT2D eigenvalue weighted by Crippen LogP contribution is 2.10. The minimum absolute atomic E-state index is 0.0859. The van der Waals surface area contributed by atoms with Crippen molar-refractivity contribution >= 4 is 16.1 Å². The van der Waals surface area contributed by atoms with Crippen LogP contribution in [0.3, 0.4) is 0 Å². The molecule has 0 unspecified atom stereocenters. The fourth-order valence-corrected chi connectivity index (χ4v) is 3.39. The zero-order chi connectivity index (χ0) is 17.9. The van der Waals surface area contributed by atoms with Crippen molar-refractivity contribution in [1.82, 2.24) is 18.5 Å². The van der Waals surface area contributed by atoms with E-state index in [1.807, 2.05) is 0 Å². The van der Waals surface area contributed by atoms with Gasteiger partial charge in [0.2, 0.25) is 5.43 Å². The number of ether oxygens (including phenoxy) is 1. The Morgan fingerprint density at radius 2 is 1.92 bits per heavy atom. The molecule has 1 aromatic rings. The molecule has 0 spiro atoms. The van der Waals surface area contributed by atoms with Crippen LogP contribution in [-0.2, 0) is 15.0 Å². The molecule has 0 bridgehead atoms. The normalized spacial score (nSPS) is 16.4. The standard InChI is InChI=1S/C14H22N4O5S/c1-11-8-12(19)13(9-15-11)23-10-14(20)17-4-6-18(7-5-17)24(21,22)16(2)3/h8-9H,4-7,10H2,1-3H3,(H,15,19). The number of carbonyl (C=O) groups is 1. The van der Waals surface area contributed by atoms with Crippen LogP contribution in [0.4, 0.5) is 0 Å². The largest absolute Gasteiger partial charge is 0.478 e. The van der Waals surface area contributed by atoms with E-state index in [-0.39, 0.29) is 36.8 Å². The van der Waals surface area contributed by atoms with Gasteiger partial charge < -0.3 is 14.6 Å². The van der Waals surface area contributed by atoms with Crippen molar-refractivity contribution in [2.24, 2.45) is 0 Å². The highest BCUT2D eigenvalue weighted by molar-refractivity contribution is 7.86. The van der Waals surface area contributed by atoms with Crippen LogP contribution < -0.4 is 10.2 Å². The van der Waals surface area contributed by atoms with Crippen LogP contribution >= 0.6 is 0 Å². The van der Waals surface area contributed by atoms with Crippen molar-refractivity contribution < 1.29 is 17.9 Å². The second-order valence-corrected chi connectivity index (χ2v) is 7.85. The van der Waals surface area contributed by atoms with Crippen molar-refractivity contribution in [3.8, 4) is 5.75 Å². The molecule has 10 heteroatoms.